The van der Waals surface area contributed by atoms with Crippen molar-refractivity contribution in [3.63, 3.8) is 0 Å². The molecule has 0 fully saturated rings. The second-order valence-electron chi connectivity index (χ2n) is 4.55. The van der Waals surface area contributed by atoms with E-state index in [1.54, 1.807) is 37.3 Å². The van der Waals surface area contributed by atoms with Gasteiger partial charge in [0, 0.05) is 16.6 Å². The molecule has 1 N–H and O–H groups in total. The van der Waals surface area contributed by atoms with Crippen molar-refractivity contribution < 1.29 is 14.5 Å². The number of nitro benzene ring substituents is 1. The molecule has 0 atom stereocenters. The van der Waals surface area contributed by atoms with Gasteiger partial charge in [0.2, 0.25) is 0 Å². The molecule has 0 heterocycles. The number of anilines is 1. The molecule has 6 nitrogen and oxygen atoms in total. The minimum atomic E-state index is -0.507. The number of carbonyl (C=O) groups excluding carboxylic acids is 1. The van der Waals surface area contributed by atoms with Crippen molar-refractivity contribution in [3.05, 3.63) is 62.6 Å². The molecule has 2 aromatic rings. The zero-order valence-corrected chi connectivity index (χ0v) is 13.3. The summed E-state index contributed by atoms with van der Waals surface area (Å²) in [6, 6.07) is 11.4. The molecule has 0 saturated heterocycles. The topological polar surface area (TPSA) is 81.5 Å². The highest BCUT2D eigenvalue weighted by molar-refractivity contribution is 9.10. The van der Waals surface area contributed by atoms with Crippen LogP contribution in [0.1, 0.15) is 5.56 Å². The number of halogens is 1. The van der Waals surface area contributed by atoms with E-state index < -0.39 is 4.92 Å². The lowest BCUT2D eigenvalue weighted by Crippen LogP contribution is -2.20. The SMILES string of the molecule is Cc1ccc([N+](=O)[O-])cc1NC(=O)COc1ccc(Br)cc1. The fraction of sp³-hybridized carbons (Fsp3) is 0.133. The number of nitrogens with one attached hydrogen (secondary N) is 1. The summed E-state index contributed by atoms with van der Waals surface area (Å²) in [5.41, 5.74) is 1.07. The first kappa shape index (κ1) is 16.0. The lowest BCUT2D eigenvalue weighted by molar-refractivity contribution is -0.384. The summed E-state index contributed by atoms with van der Waals surface area (Å²) in [7, 11) is 0. The average Bonchev–Trinajstić information content (AvgIpc) is 2.48. The van der Waals surface area contributed by atoms with Gasteiger partial charge in [-0.2, -0.15) is 0 Å². The van der Waals surface area contributed by atoms with Gasteiger partial charge in [-0.25, -0.2) is 0 Å². The number of nitro groups is 1. The molecule has 0 aliphatic carbocycles. The Morgan fingerprint density at radius 2 is 1.95 bits per heavy atom. The minimum Gasteiger partial charge on any atom is -0.484 e. The molecule has 0 spiro atoms. The van der Waals surface area contributed by atoms with Gasteiger partial charge in [-0.15, -0.1) is 0 Å². The Balaban J connectivity index is 1.98. The predicted octanol–water partition coefficient (Wildman–Crippen LogP) is 3.68. The van der Waals surface area contributed by atoms with Gasteiger partial charge in [0.25, 0.3) is 11.6 Å². The van der Waals surface area contributed by atoms with E-state index in [2.05, 4.69) is 21.2 Å². The average molecular weight is 365 g/mol. The van der Waals surface area contributed by atoms with Gasteiger partial charge in [0.05, 0.1) is 10.6 Å². The van der Waals surface area contributed by atoms with E-state index in [1.807, 2.05) is 0 Å². The van der Waals surface area contributed by atoms with Crippen LogP contribution in [0.3, 0.4) is 0 Å². The van der Waals surface area contributed by atoms with Gasteiger partial charge in [-0.05, 0) is 36.8 Å². The number of carbonyl (C=O) groups is 1. The van der Waals surface area contributed by atoms with Gasteiger partial charge in [-0.3, -0.25) is 14.9 Å². The zero-order chi connectivity index (χ0) is 16.1. The summed E-state index contributed by atoms with van der Waals surface area (Å²) in [4.78, 5) is 22.1. The highest BCUT2D eigenvalue weighted by atomic mass is 79.9. The molecule has 2 aromatic carbocycles. The van der Waals surface area contributed by atoms with Crippen LogP contribution in [0.4, 0.5) is 11.4 Å². The standard InChI is InChI=1S/C15H13BrN2O4/c1-10-2-5-12(18(20)21)8-14(10)17-15(19)9-22-13-6-3-11(16)4-7-13/h2-8H,9H2,1H3,(H,17,19). The molecule has 1 amide bonds. The van der Waals surface area contributed by atoms with Crippen molar-refractivity contribution in [3.8, 4) is 5.75 Å². The van der Waals surface area contributed by atoms with Gasteiger partial charge < -0.3 is 10.1 Å². The molecule has 7 heteroatoms. The molecule has 22 heavy (non-hydrogen) atoms. The smallest absolute Gasteiger partial charge is 0.271 e. The number of nitrogens with zero attached hydrogens (tertiary/aromatic N) is 1. The van der Waals surface area contributed by atoms with Crippen LogP contribution in [0.5, 0.6) is 5.75 Å². The van der Waals surface area contributed by atoms with Crippen LogP contribution >= 0.6 is 15.9 Å². The molecule has 114 valence electrons. The molecule has 0 saturated carbocycles. The molecule has 0 unspecified atom stereocenters. The van der Waals surface area contributed by atoms with Crippen LogP contribution < -0.4 is 10.1 Å². The maximum atomic E-state index is 11.9. The number of aryl methyl sites for hydroxylation is 1. The second-order valence-corrected chi connectivity index (χ2v) is 5.46. The predicted molar refractivity (Wildman–Crippen MR) is 86.1 cm³/mol. The maximum absolute atomic E-state index is 11.9. The van der Waals surface area contributed by atoms with Gasteiger partial charge in [0.1, 0.15) is 5.75 Å². The first-order valence-electron chi connectivity index (χ1n) is 6.39. The Bertz CT molecular complexity index is 701. The zero-order valence-electron chi connectivity index (χ0n) is 11.7. The van der Waals surface area contributed by atoms with Gasteiger partial charge in [0.15, 0.2) is 6.61 Å². The Morgan fingerprint density at radius 3 is 2.59 bits per heavy atom. The van der Waals surface area contributed by atoms with E-state index in [-0.39, 0.29) is 18.2 Å². The fourth-order valence-electron chi connectivity index (χ4n) is 1.72. The van der Waals surface area contributed by atoms with Crippen molar-refractivity contribution in [2.75, 3.05) is 11.9 Å². The second kappa shape index (κ2) is 7.04. The first-order valence-corrected chi connectivity index (χ1v) is 7.18. The molecule has 0 aromatic heterocycles. The summed E-state index contributed by atoms with van der Waals surface area (Å²) >= 11 is 3.31. The van der Waals surface area contributed by atoms with Crippen LogP contribution in [-0.4, -0.2) is 17.4 Å². The lowest BCUT2D eigenvalue weighted by Gasteiger charge is -2.09. The summed E-state index contributed by atoms with van der Waals surface area (Å²) in [5.74, 6) is 0.181. The van der Waals surface area contributed by atoms with Gasteiger partial charge in [-0.1, -0.05) is 22.0 Å². The molecular formula is C15H13BrN2O4. The van der Waals surface area contributed by atoms with Crippen molar-refractivity contribution in [1.29, 1.82) is 0 Å². The van der Waals surface area contributed by atoms with E-state index in [9.17, 15) is 14.9 Å². The summed E-state index contributed by atoms with van der Waals surface area (Å²) in [6.07, 6.45) is 0. The molecule has 2 rings (SSSR count). The van der Waals surface area contributed by atoms with Crippen LogP contribution in [0.15, 0.2) is 46.9 Å². The Kier molecular flexibility index (Phi) is 5.11. The fourth-order valence-corrected chi connectivity index (χ4v) is 1.99. The van der Waals surface area contributed by atoms with E-state index in [0.717, 1.165) is 10.0 Å². The van der Waals surface area contributed by atoms with E-state index >= 15 is 0 Å². The number of hydrogen-bond acceptors (Lipinski definition) is 4. The molecular weight excluding hydrogens is 352 g/mol. The van der Waals surface area contributed by atoms with Crippen LogP contribution in [0.2, 0.25) is 0 Å². The van der Waals surface area contributed by atoms with E-state index in [0.29, 0.717) is 11.4 Å². The van der Waals surface area contributed by atoms with Crippen LogP contribution in [0, 0.1) is 17.0 Å². The van der Waals surface area contributed by atoms with E-state index in [4.69, 9.17) is 4.74 Å². The quantitative estimate of drug-likeness (QED) is 0.647. The Labute approximate surface area is 135 Å². The number of benzene rings is 2. The molecule has 0 bridgehead atoms. The monoisotopic (exact) mass is 364 g/mol. The summed E-state index contributed by atoms with van der Waals surface area (Å²) < 4.78 is 6.26. The largest absolute Gasteiger partial charge is 0.484 e. The third-order valence-electron chi connectivity index (χ3n) is 2.89. The van der Waals surface area contributed by atoms with E-state index in [1.165, 1.54) is 12.1 Å². The van der Waals surface area contributed by atoms with Crippen molar-refractivity contribution in [2.45, 2.75) is 6.92 Å². The maximum Gasteiger partial charge on any atom is 0.271 e. The normalized spacial score (nSPS) is 10.1. The Hall–Kier alpha value is -2.41. The van der Waals surface area contributed by atoms with Crippen LogP contribution in [0.25, 0.3) is 0 Å². The lowest BCUT2D eigenvalue weighted by atomic mass is 10.2. The number of amides is 1. The van der Waals surface area contributed by atoms with Crippen LogP contribution in [-0.2, 0) is 4.79 Å². The van der Waals surface area contributed by atoms with Crippen molar-refractivity contribution in [2.24, 2.45) is 0 Å². The summed E-state index contributed by atoms with van der Waals surface area (Å²) in [6.45, 7) is 1.58. The third kappa shape index (κ3) is 4.29. The number of non-ortho nitro benzene ring substituents is 1. The molecule has 0 aliphatic heterocycles. The van der Waals surface area contributed by atoms with Crippen molar-refractivity contribution in [1.82, 2.24) is 0 Å². The Morgan fingerprint density at radius 1 is 1.27 bits per heavy atom. The minimum absolute atomic E-state index is 0.0743. The first-order chi connectivity index (χ1) is 10.5. The highest BCUT2D eigenvalue weighted by Crippen LogP contribution is 2.22. The molecule has 0 radical (unpaired) electrons. The summed E-state index contributed by atoms with van der Waals surface area (Å²) in [5, 5.41) is 13.4. The highest BCUT2D eigenvalue weighted by Gasteiger charge is 2.11. The van der Waals surface area contributed by atoms with Gasteiger partial charge >= 0.3 is 0 Å². The van der Waals surface area contributed by atoms with Crippen molar-refractivity contribution >= 4 is 33.2 Å². The number of ether oxygens (including phenoxy) is 1. The third-order valence-corrected chi connectivity index (χ3v) is 3.42. The number of rotatable bonds is 5. The number of hydrogen-bond donors (Lipinski definition) is 1. The molecule has 0 aliphatic rings.